The zero-order chi connectivity index (χ0) is 26.0. The molecule has 2 aromatic rings. The van der Waals surface area contributed by atoms with Gasteiger partial charge >= 0.3 is 0 Å². The summed E-state index contributed by atoms with van der Waals surface area (Å²) in [5, 5.41) is 5.46. The molecule has 1 unspecified atom stereocenters. The van der Waals surface area contributed by atoms with Crippen LogP contribution in [0, 0.1) is 19.7 Å². The minimum Gasteiger partial charge on any atom is -0.358 e. The van der Waals surface area contributed by atoms with Gasteiger partial charge in [0.2, 0.25) is 11.8 Å². The number of anilines is 1. The van der Waals surface area contributed by atoms with E-state index in [2.05, 4.69) is 15.6 Å². The number of carbonyl (C=O) groups is 4. The first-order valence-electron chi connectivity index (χ1n) is 11.1. The summed E-state index contributed by atoms with van der Waals surface area (Å²) in [7, 11) is 6.42. The van der Waals surface area contributed by atoms with Gasteiger partial charge in [-0.25, -0.2) is 4.39 Å². The van der Waals surface area contributed by atoms with Crippen molar-refractivity contribution in [1.29, 1.82) is 0 Å². The summed E-state index contributed by atoms with van der Waals surface area (Å²) in [5.74, 6) is -1.77. The summed E-state index contributed by atoms with van der Waals surface area (Å²) < 4.78 is 13.8. The van der Waals surface area contributed by atoms with Gasteiger partial charge in [0.25, 0.3) is 11.8 Å². The lowest BCUT2D eigenvalue weighted by molar-refractivity contribution is -0.132. The number of aromatic nitrogens is 1. The second-order valence-corrected chi connectivity index (χ2v) is 8.95. The maximum Gasteiger partial charge on any atom is 0.256 e. The summed E-state index contributed by atoms with van der Waals surface area (Å²) in [5.41, 5.74) is 3.21. The Morgan fingerprint density at radius 3 is 2.43 bits per heavy atom. The molecule has 1 aliphatic heterocycles. The van der Waals surface area contributed by atoms with Crippen molar-refractivity contribution in [1.82, 2.24) is 20.1 Å². The number of fused-ring (bicyclic) bond motifs is 1. The predicted molar refractivity (Wildman–Crippen MR) is 131 cm³/mol. The molecular weight excluding hydrogens is 453 g/mol. The second kappa shape index (κ2) is 10.1. The molecule has 1 aromatic carbocycles. The standard InChI is InChI=1S/C25H30FN5O4/c1-13-20(12-17-16-11-15(26)7-8-18(16)28-23(17)33)27-14(2)22(13)24(34)29-19(25(35)31(5)6)9-10-21(32)30(3)4/h7-8,11-12,19,27H,9-10H2,1-6H3,(H,28,33)(H,29,34). The van der Waals surface area contributed by atoms with Crippen LogP contribution in [-0.4, -0.2) is 72.6 Å². The Bertz CT molecular complexity index is 1230. The van der Waals surface area contributed by atoms with Gasteiger partial charge in [0.1, 0.15) is 11.9 Å². The fourth-order valence-electron chi connectivity index (χ4n) is 4.00. The Kier molecular flexibility index (Phi) is 7.42. The van der Waals surface area contributed by atoms with E-state index in [1.807, 2.05) is 0 Å². The first kappa shape index (κ1) is 25.7. The van der Waals surface area contributed by atoms with Crippen molar-refractivity contribution >= 4 is 41.0 Å². The smallest absolute Gasteiger partial charge is 0.256 e. The molecule has 35 heavy (non-hydrogen) atoms. The highest BCUT2D eigenvalue weighted by Gasteiger charge is 2.28. The van der Waals surface area contributed by atoms with Crippen LogP contribution in [0.15, 0.2) is 18.2 Å². The minimum atomic E-state index is -0.882. The van der Waals surface area contributed by atoms with Gasteiger partial charge in [-0.3, -0.25) is 19.2 Å². The highest BCUT2D eigenvalue weighted by Crippen LogP contribution is 2.34. The third-order valence-corrected chi connectivity index (χ3v) is 5.95. The van der Waals surface area contributed by atoms with Gasteiger partial charge in [0.15, 0.2) is 0 Å². The molecule has 0 fully saturated rings. The number of rotatable bonds is 7. The van der Waals surface area contributed by atoms with Gasteiger partial charge in [-0.1, -0.05) is 0 Å². The summed E-state index contributed by atoms with van der Waals surface area (Å²) >= 11 is 0. The minimum absolute atomic E-state index is 0.102. The number of amides is 4. The van der Waals surface area contributed by atoms with Crippen LogP contribution in [0.25, 0.3) is 11.6 Å². The average molecular weight is 484 g/mol. The number of carbonyl (C=O) groups excluding carboxylic acids is 4. The highest BCUT2D eigenvalue weighted by atomic mass is 19.1. The third kappa shape index (κ3) is 5.42. The van der Waals surface area contributed by atoms with Gasteiger partial charge in [0, 0.05) is 57.3 Å². The number of H-pyrrole nitrogens is 1. The fraction of sp³-hybridized carbons (Fsp3) is 0.360. The number of likely N-dealkylation sites (N-methyl/N-ethyl adjacent to an activating group) is 1. The number of aromatic amines is 1. The predicted octanol–water partition coefficient (Wildman–Crippen LogP) is 2.32. The molecule has 4 amide bonds. The van der Waals surface area contributed by atoms with Crippen molar-refractivity contribution < 1.29 is 23.6 Å². The molecule has 2 heterocycles. The zero-order valence-electron chi connectivity index (χ0n) is 20.7. The van der Waals surface area contributed by atoms with Gasteiger partial charge in [0.05, 0.1) is 11.1 Å². The van der Waals surface area contributed by atoms with Crippen LogP contribution in [0.2, 0.25) is 0 Å². The molecule has 3 N–H and O–H groups in total. The summed E-state index contributed by atoms with van der Waals surface area (Å²) in [6.45, 7) is 3.44. The molecular formula is C25H30FN5O4. The molecule has 186 valence electrons. The van der Waals surface area contributed by atoms with E-state index >= 15 is 0 Å². The quantitative estimate of drug-likeness (QED) is 0.525. The Morgan fingerprint density at radius 2 is 1.80 bits per heavy atom. The number of hydrogen-bond acceptors (Lipinski definition) is 4. The molecule has 0 saturated heterocycles. The largest absolute Gasteiger partial charge is 0.358 e. The molecule has 0 aliphatic carbocycles. The van der Waals surface area contributed by atoms with Crippen molar-refractivity contribution in [2.45, 2.75) is 32.7 Å². The topological polar surface area (TPSA) is 115 Å². The summed E-state index contributed by atoms with van der Waals surface area (Å²) in [6.07, 6.45) is 1.84. The Morgan fingerprint density at radius 1 is 1.11 bits per heavy atom. The number of nitrogens with one attached hydrogen (secondary N) is 3. The maximum absolute atomic E-state index is 13.8. The number of halogens is 1. The summed E-state index contributed by atoms with van der Waals surface area (Å²) in [4.78, 5) is 56.3. The van der Waals surface area contributed by atoms with Crippen LogP contribution in [0.3, 0.4) is 0 Å². The van der Waals surface area contributed by atoms with E-state index in [0.29, 0.717) is 33.8 Å². The van der Waals surface area contributed by atoms with Crippen LogP contribution in [0.5, 0.6) is 0 Å². The van der Waals surface area contributed by atoms with Crippen LogP contribution < -0.4 is 10.6 Å². The SMILES string of the molecule is Cc1[nH]c(C=C2C(=O)Nc3ccc(F)cc32)c(C)c1C(=O)NC(CCC(=O)N(C)C)C(=O)N(C)C. The molecule has 1 aromatic heterocycles. The lowest BCUT2D eigenvalue weighted by Crippen LogP contribution is -2.47. The Labute approximate surface area is 203 Å². The number of hydrogen-bond donors (Lipinski definition) is 3. The molecule has 0 saturated carbocycles. The van der Waals surface area contributed by atoms with E-state index in [0.717, 1.165) is 0 Å². The molecule has 0 spiro atoms. The van der Waals surface area contributed by atoms with Crippen molar-refractivity contribution in [2.24, 2.45) is 0 Å². The molecule has 0 bridgehead atoms. The number of aryl methyl sites for hydroxylation is 1. The second-order valence-electron chi connectivity index (χ2n) is 8.95. The highest BCUT2D eigenvalue weighted by molar-refractivity contribution is 6.34. The third-order valence-electron chi connectivity index (χ3n) is 5.95. The van der Waals surface area contributed by atoms with Gasteiger partial charge in [-0.05, 0) is 50.1 Å². The summed E-state index contributed by atoms with van der Waals surface area (Å²) in [6, 6.07) is 3.17. The van der Waals surface area contributed by atoms with Crippen molar-refractivity contribution in [3.63, 3.8) is 0 Å². The molecule has 9 nitrogen and oxygen atoms in total. The molecule has 0 radical (unpaired) electrons. The first-order valence-corrected chi connectivity index (χ1v) is 11.1. The Balaban J connectivity index is 1.89. The van der Waals surface area contributed by atoms with E-state index in [-0.39, 0.29) is 36.1 Å². The van der Waals surface area contributed by atoms with Crippen LogP contribution in [0.4, 0.5) is 10.1 Å². The fourth-order valence-corrected chi connectivity index (χ4v) is 4.00. The number of benzene rings is 1. The van der Waals surface area contributed by atoms with E-state index in [4.69, 9.17) is 0 Å². The number of nitrogens with zero attached hydrogens (tertiary/aromatic N) is 2. The maximum atomic E-state index is 13.8. The lowest BCUT2D eigenvalue weighted by atomic mass is 10.0. The van der Waals surface area contributed by atoms with E-state index in [1.54, 1.807) is 48.1 Å². The van der Waals surface area contributed by atoms with E-state index < -0.39 is 17.8 Å². The molecule has 3 rings (SSSR count). The zero-order valence-corrected chi connectivity index (χ0v) is 20.7. The van der Waals surface area contributed by atoms with Gasteiger partial charge in [-0.2, -0.15) is 0 Å². The van der Waals surface area contributed by atoms with Crippen molar-refractivity contribution in [3.8, 4) is 0 Å². The molecule has 1 atom stereocenters. The van der Waals surface area contributed by atoms with Gasteiger partial charge in [-0.15, -0.1) is 0 Å². The lowest BCUT2D eigenvalue weighted by Gasteiger charge is -2.22. The monoisotopic (exact) mass is 483 g/mol. The van der Waals surface area contributed by atoms with Gasteiger partial charge < -0.3 is 25.4 Å². The molecule has 1 aliphatic rings. The van der Waals surface area contributed by atoms with Crippen molar-refractivity contribution in [3.05, 3.63) is 52.1 Å². The Hall–Kier alpha value is -3.95. The van der Waals surface area contributed by atoms with Crippen LogP contribution in [0.1, 0.15) is 45.7 Å². The normalized spacial score (nSPS) is 14.4. The van der Waals surface area contributed by atoms with E-state index in [1.165, 1.54) is 28.0 Å². The van der Waals surface area contributed by atoms with E-state index in [9.17, 15) is 23.6 Å². The molecule has 10 heteroatoms. The first-order chi connectivity index (χ1) is 16.4. The average Bonchev–Trinajstić information content (AvgIpc) is 3.24. The van der Waals surface area contributed by atoms with Crippen LogP contribution in [-0.2, 0) is 14.4 Å². The van der Waals surface area contributed by atoms with Crippen molar-refractivity contribution in [2.75, 3.05) is 33.5 Å². The van der Waals surface area contributed by atoms with Crippen LogP contribution >= 0.6 is 0 Å².